The van der Waals surface area contributed by atoms with Gasteiger partial charge in [-0.05, 0) is 0 Å². The van der Waals surface area contributed by atoms with Crippen LogP contribution in [-0.4, -0.2) is 57.9 Å². The highest BCUT2D eigenvalue weighted by molar-refractivity contribution is 8.00. The number of hydrogen-bond acceptors (Lipinski definition) is 0. The summed E-state index contributed by atoms with van der Waals surface area (Å²) < 4.78 is 0. The van der Waals surface area contributed by atoms with Gasteiger partial charge in [0.2, 0.25) is 0 Å². The maximum Gasteiger partial charge on any atom is 0.329 e. The molecule has 0 bridgehead atoms. The van der Waals surface area contributed by atoms with Gasteiger partial charge in [0, 0.05) is 26.7 Å². The summed E-state index contributed by atoms with van der Waals surface area (Å²) in [5, 5.41) is 0. The van der Waals surface area contributed by atoms with Gasteiger partial charge in [0.1, 0.15) is 0 Å². The fourth-order valence-electron chi connectivity index (χ4n) is 2.57. The standard InChI is InChI=1S/C12H30B2P2Si2/c1-15(2,13)11-17(5,6)9-10-18(7,8)12-16(3,4)14/h11-12H,9-10H2,1-8H3. The average Bonchev–Trinajstić information content (AvgIpc) is 1.91. The summed E-state index contributed by atoms with van der Waals surface area (Å²) >= 11 is 0. The van der Waals surface area contributed by atoms with Crippen LogP contribution >= 0.6 is 14.3 Å². The van der Waals surface area contributed by atoms with Gasteiger partial charge in [-0.3, -0.25) is 0 Å². The van der Waals surface area contributed by atoms with Crippen molar-refractivity contribution in [2.75, 3.05) is 26.7 Å². The molecule has 4 radical (unpaired) electrons. The normalized spacial score (nSPS) is 14.9. The molecule has 0 rings (SSSR count). The Hall–Kier alpha value is 1.42. The zero-order valence-electron chi connectivity index (χ0n) is 13.6. The molecule has 0 heterocycles. The van der Waals surface area contributed by atoms with Gasteiger partial charge >= 0.3 is 15.1 Å². The third-order valence-corrected chi connectivity index (χ3v) is 17.3. The lowest BCUT2D eigenvalue weighted by molar-refractivity contribution is 1.29. The Morgan fingerprint density at radius 1 is 0.722 bits per heavy atom. The van der Waals surface area contributed by atoms with Crippen molar-refractivity contribution in [3.8, 4) is 0 Å². The molecule has 0 N–H and O–H groups in total. The van der Waals surface area contributed by atoms with Crippen molar-refractivity contribution >= 4 is 45.6 Å². The van der Waals surface area contributed by atoms with E-state index in [9.17, 15) is 0 Å². The Morgan fingerprint density at radius 2 is 0.944 bits per heavy atom. The maximum absolute atomic E-state index is 6.24. The van der Waals surface area contributed by atoms with Crippen LogP contribution in [0.5, 0.6) is 0 Å². The van der Waals surface area contributed by atoms with Gasteiger partial charge in [-0.2, -0.15) is 25.9 Å². The first-order valence-corrected chi connectivity index (χ1v) is 18.8. The summed E-state index contributed by atoms with van der Waals surface area (Å²) in [7, 11) is 7.54. The predicted octanol–water partition coefficient (Wildman–Crippen LogP) is 4.53. The van der Waals surface area contributed by atoms with Crippen molar-refractivity contribution in [2.24, 2.45) is 0 Å². The van der Waals surface area contributed by atoms with Crippen LogP contribution in [0.25, 0.3) is 0 Å². The SMILES string of the molecule is [B][P+](C)(C)[CH-][Si](C)(C)CC[Si](C)(C)[CH-][P+]([B])(C)C. The Balaban J connectivity index is 4.38. The fourth-order valence-corrected chi connectivity index (χ4v) is 23.2. The van der Waals surface area contributed by atoms with Crippen LogP contribution in [0.15, 0.2) is 0 Å². The highest BCUT2D eigenvalue weighted by Gasteiger charge is 2.25. The van der Waals surface area contributed by atoms with Crippen LogP contribution in [0, 0.1) is 11.6 Å². The van der Waals surface area contributed by atoms with Gasteiger partial charge in [-0.1, -0.05) is 54.4 Å². The van der Waals surface area contributed by atoms with Crippen molar-refractivity contribution in [2.45, 2.75) is 38.3 Å². The summed E-state index contributed by atoms with van der Waals surface area (Å²) in [5.74, 6) is 5.07. The van der Waals surface area contributed by atoms with E-state index in [4.69, 9.17) is 15.1 Å². The topological polar surface area (TPSA) is 0 Å². The van der Waals surface area contributed by atoms with Crippen LogP contribution in [0.2, 0.25) is 38.3 Å². The molecule has 0 aliphatic carbocycles. The summed E-state index contributed by atoms with van der Waals surface area (Å²) in [5.41, 5.74) is 0. The second kappa shape index (κ2) is 6.46. The van der Waals surface area contributed by atoms with E-state index in [2.05, 4.69) is 64.4 Å². The van der Waals surface area contributed by atoms with Crippen molar-refractivity contribution < 1.29 is 0 Å². The van der Waals surface area contributed by atoms with Gasteiger partial charge < -0.3 is 0 Å². The molecule has 0 atom stereocenters. The molecule has 0 aliphatic rings. The minimum Gasteiger partial charge on any atom is -0.183 e. The van der Waals surface area contributed by atoms with Crippen molar-refractivity contribution in [1.82, 2.24) is 0 Å². The predicted molar refractivity (Wildman–Crippen MR) is 102 cm³/mol. The Morgan fingerprint density at radius 3 is 1.11 bits per heavy atom. The van der Waals surface area contributed by atoms with Crippen LogP contribution < -0.4 is 0 Å². The summed E-state index contributed by atoms with van der Waals surface area (Å²) in [6.07, 6.45) is 0. The number of hydrogen-bond donors (Lipinski definition) is 0. The van der Waals surface area contributed by atoms with Crippen LogP contribution in [0.4, 0.5) is 0 Å². The fraction of sp³-hybridized carbons (Fsp3) is 0.833. The van der Waals surface area contributed by atoms with Crippen LogP contribution in [-0.2, 0) is 0 Å². The Bertz CT molecular complexity index is 240. The van der Waals surface area contributed by atoms with Crippen molar-refractivity contribution in [3.05, 3.63) is 11.6 Å². The molecule has 0 unspecified atom stereocenters. The smallest absolute Gasteiger partial charge is 0.183 e. The van der Waals surface area contributed by atoms with Gasteiger partial charge in [-0.15, -0.1) is 0 Å². The monoisotopic (exact) mass is 314 g/mol. The molecular formula is C12H30B2P2Si2. The first kappa shape index (κ1) is 19.4. The van der Waals surface area contributed by atoms with Gasteiger partial charge in [0.05, 0.1) is 0 Å². The van der Waals surface area contributed by atoms with Crippen LogP contribution in [0.1, 0.15) is 0 Å². The second-order valence-corrected chi connectivity index (χ2v) is 25.5. The third-order valence-electron chi connectivity index (χ3n) is 2.78. The number of rotatable bonds is 7. The molecule has 0 aromatic rings. The second-order valence-electron chi connectivity index (χ2n) is 7.99. The van der Waals surface area contributed by atoms with Gasteiger partial charge in [0.25, 0.3) is 0 Å². The first-order valence-electron chi connectivity index (χ1n) is 6.61. The maximum atomic E-state index is 6.24. The molecule has 0 aliphatic heterocycles. The summed E-state index contributed by atoms with van der Waals surface area (Å²) in [6, 6.07) is 2.73. The molecule has 0 spiro atoms. The van der Waals surface area contributed by atoms with E-state index in [-0.39, 0.29) is 0 Å². The van der Waals surface area contributed by atoms with Crippen molar-refractivity contribution in [3.63, 3.8) is 0 Å². The molecule has 0 nitrogen and oxygen atoms in total. The lowest BCUT2D eigenvalue weighted by Gasteiger charge is -2.43. The van der Waals surface area contributed by atoms with E-state index in [0.29, 0.717) is 0 Å². The van der Waals surface area contributed by atoms with Gasteiger partial charge in [-0.25, -0.2) is 0 Å². The molecule has 18 heavy (non-hydrogen) atoms. The summed E-state index contributed by atoms with van der Waals surface area (Å²) in [4.78, 5) is 0. The third kappa shape index (κ3) is 11.3. The van der Waals surface area contributed by atoms with E-state index in [1.165, 1.54) is 12.1 Å². The molecule has 0 amide bonds. The molecule has 0 saturated heterocycles. The molecule has 0 aromatic heterocycles. The van der Waals surface area contributed by atoms with E-state index in [0.717, 1.165) is 0 Å². The quantitative estimate of drug-likeness (QED) is 0.368. The Kier molecular flexibility index (Phi) is 6.97. The molecule has 102 valence electrons. The van der Waals surface area contributed by atoms with Crippen LogP contribution in [0.3, 0.4) is 0 Å². The highest BCUT2D eigenvalue weighted by Crippen LogP contribution is 2.54. The molecule has 0 fully saturated rings. The zero-order chi connectivity index (χ0) is 14.8. The zero-order valence-corrected chi connectivity index (χ0v) is 17.4. The van der Waals surface area contributed by atoms with E-state index in [1.54, 1.807) is 0 Å². The highest BCUT2D eigenvalue weighted by atomic mass is 31.2. The van der Waals surface area contributed by atoms with E-state index in [1.807, 2.05) is 0 Å². The molecule has 0 saturated carbocycles. The lowest BCUT2D eigenvalue weighted by Crippen LogP contribution is -2.34. The minimum atomic E-state index is -1.24. The van der Waals surface area contributed by atoms with E-state index >= 15 is 0 Å². The Labute approximate surface area is 122 Å². The van der Waals surface area contributed by atoms with Gasteiger partial charge in [0.15, 0.2) is 0 Å². The van der Waals surface area contributed by atoms with E-state index < -0.39 is 30.4 Å². The van der Waals surface area contributed by atoms with Crippen molar-refractivity contribution in [1.29, 1.82) is 0 Å². The molecule has 6 heteroatoms. The largest absolute Gasteiger partial charge is 0.329 e. The first-order chi connectivity index (χ1) is 7.62. The lowest BCUT2D eigenvalue weighted by atomic mass is 10.8. The minimum absolute atomic E-state index is 1.24. The molecular weight excluding hydrogens is 284 g/mol. The molecule has 0 aromatic carbocycles. The summed E-state index contributed by atoms with van der Waals surface area (Å²) in [6.45, 7) is 18.7. The average molecular weight is 314 g/mol.